The third-order valence-electron chi connectivity index (χ3n) is 2.60. The fourth-order valence-electron chi connectivity index (χ4n) is 1.63. The molecule has 1 aromatic carbocycles. The normalized spacial score (nSPS) is 12.2. The summed E-state index contributed by atoms with van der Waals surface area (Å²) in [5, 5.41) is 2.93. The molecular weight excluding hydrogens is 318 g/mol. The molecular formula is C13H17BrClNO2. The molecule has 0 aliphatic carbocycles. The van der Waals surface area contributed by atoms with E-state index in [1.54, 1.807) is 7.11 Å². The lowest BCUT2D eigenvalue weighted by Gasteiger charge is -2.17. The molecule has 0 bridgehead atoms. The number of hydrogen-bond donors (Lipinski definition) is 1. The van der Waals surface area contributed by atoms with Gasteiger partial charge in [-0.25, -0.2) is 0 Å². The van der Waals surface area contributed by atoms with Crippen molar-refractivity contribution in [2.75, 3.05) is 19.6 Å². The van der Waals surface area contributed by atoms with Crippen LogP contribution < -0.4 is 5.32 Å². The number of methoxy groups -OCH3 is 1. The van der Waals surface area contributed by atoms with E-state index in [2.05, 4.69) is 21.2 Å². The van der Waals surface area contributed by atoms with Crippen molar-refractivity contribution < 1.29 is 9.53 Å². The molecule has 100 valence electrons. The molecule has 0 fully saturated rings. The summed E-state index contributed by atoms with van der Waals surface area (Å²) in [6.45, 7) is 2.37. The lowest BCUT2D eigenvalue weighted by molar-refractivity contribution is 0.0894. The van der Waals surface area contributed by atoms with Crippen LogP contribution in [0.15, 0.2) is 22.7 Å². The maximum atomic E-state index is 12.1. The summed E-state index contributed by atoms with van der Waals surface area (Å²) >= 11 is 9.07. The number of rotatable bonds is 6. The minimum atomic E-state index is -0.0963. The van der Waals surface area contributed by atoms with Gasteiger partial charge in [0, 0.05) is 23.0 Å². The second kappa shape index (κ2) is 7.77. The van der Waals surface area contributed by atoms with E-state index in [0.29, 0.717) is 24.5 Å². The zero-order chi connectivity index (χ0) is 13.5. The number of aryl methyl sites for hydroxylation is 1. The highest BCUT2D eigenvalue weighted by atomic mass is 79.9. The van der Waals surface area contributed by atoms with Gasteiger partial charge in [-0.05, 0) is 31.0 Å². The Balaban J connectivity index is 2.76. The number of carbonyl (C=O) groups is 1. The quantitative estimate of drug-likeness (QED) is 0.812. The van der Waals surface area contributed by atoms with Crippen molar-refractivity contribution in [1.82, 2.24) is 5.32 Å². The molecule has 18 heavy (non-hydrogen) atoms. The van der Waals surface area contributed by atoms with Crippen molar-refractivity contribution in [2.24, 2.45) is 0 Å². The predicted molar refractivity (Wildman–Crippen MR) is 77.3 cm³/mol. The van der Waals surface area contributed by atoms with Crippen molar-refractivity contribution in [1.29, 1.82) is 0 Å². The Morgan fingerprint density at radius 1 is 1.56 bits per heavy atom. The molecule has 0 aliphatic heterocycles. The molecule has 1 N–H and O–H groups in total. The SMILES string of the molecule is COCC(CCCl)NC(=O)c1cc(Br)ccc1C. The summed E-state index contributed by atoms with van der Waals surface area (Å²) in [6.07, 6.45) is 0.689. The number of carbonyl (C=O) groups excluding carboxylic acids is 1. The fourth-order valence-corrected chi connectivity index (χ4v) is 2.26. The van der Waals surface area contributed by atoms with Crippen LogP contribution in [0.2, 0.25) is 0 Å². The Bertz CT molecular complexity index is 406. The summed E-state index contributed by atoms with van der Waals surface area (Å²) in [5.41, 5.74) is 1.61. The van der Waals surface area contributed by atoms with Gasteiger partial charge in [-0.3, -0.25) is 4.79 Å². The summed E-state index contributed by atoms with van der Waals surface area (Å²) in [4.78, 5) is 12.1. The van der Waals surface area contributed by atoms with Crippen LogP contribution in [-0.4, -0.2) is 31.5 Å². The molecule has 0 radical (unpaired) electrons. The van der Waals surface area contributed by atoms with E-state index in [0.717, 1.165) is 10.0 Å². The lowest BCUT2D eigenvalue weighted by Crippen LogP contribution is -2.38. The van der Waals surface area contributed by atoms with Gasteiger partial charge in [0.05, 0.1) is 12.6 Å². The number of ether oxygens (including phenoxy) is 1. The first-order valence-electron chi connectivity index (χ1n) is 5.70. The summed E-state index contributed by atoms with van der Waals surface area (Å²) < 4.78 is 5.95. The van der Waals surface area contributed by atoms with Gasteiger partial charge in [-0.15, -0.1) is 11.6 Å². The largest absolute Gasteiger partial charge is 0.383 e. The number of hydrogen-bond acceptors (Lipinski definition) is 2. The van der Waals surface area contributed by atoms with E-state index < -0.39 is 0 Å². The third kappa shape index (κ3) is 4.59. The highest BCUT2D eigenvalue weighted by Crippen LogP contribution is 2.16. The number of benzene rings is 1. The zero-order valence-electron chi connectivity index (χ0n) is 10.5. The first-order valence-corrected chi connectivity index (χ1v) is 7.03. The van der Waals surface area contributed by atoms with Crippen molar-refractivity contribution in [3.05, 3.63) is 33.8 Å². The molecule has 1 amide bonds. The van der Waals surface area contributed by atoms with Crippen molar-refractivity contribution in [3.63, 3.8) is 0 Å². The second-order valence-electron chi connectivity index (χ2n) is 4.06. The predicted octanol–water partition coefficient (Wildman–Crippen LogP) is 3.13. The molecule has 0 aromatic heterocycles. The smallest absolute Gasteiger partial charge is 0.251 e. The van der Waals surface area contributed by atoms with Crippen molar-refractivity contribution >= 4 is 33.4 Å². The maximum Gasteiger partial charge on any atom is 0.251 e. The Morgan fingerprint density at radius 2 is 2.28 bits per heavy atom. The minimum Gasteiger partial charge on any atom is -0.383 e. The van der Waals surface area contributed by atoms with Crippen LogP contribution in [-0.2, 0) is 4.74 Å². The van der Waals surface area contributed by atoms with Gasteiger partial charge in [0.2, 0.25) is 0 Å². The lowest BCUT2D eigenvalue weighted by atomic mass is 10.1. The molecule has 0 saturated heterocycles. The van der Waals surface area contributed by atoms with Gasteiger partial charge in [0.15, 0.2) is 0 Å². The number of alkyl halides is 1. The third-order valence-corrected chi connectivity index (χ3v) is 3.32. The molecule has 1 unspecified atom stereocenters. The van der Waals surface area contributed by atoms with Gasteiger partial charge in [-0.1, -0.05) is 22.0 Å². The monoisotopic (exact) mass is 333 g/mol. The van der Waals surface area contributed by atoms with Crippen molar-refractivity contribution in [2.45, 2.75) is 19.4 Å². The summed E-state index contributed by atoms with van der Waals surface area (Å²) in [5.74, 6) is 0.396. The summed E-state index contributed by atoms with van der Waals surface area (Å²) in [7, 11) is 1.61. The van der Waals surface area contributed by atoms with E-state index in [1.165, 1.54) is 0 Å². The standard InChI is InChI=1S/C13H17BrClNO2/c1-9-3-4-10(14)7-12(9)13(17)16-11(5-6-15)8-18-2/h3-4,7,11H,5-6,8H2,1-2H3,(H,16,17). The number of amides is 1. The van der Waals surface area contributed by atoms with Crippen LogP contribution in [0, 0.1) is 6.92 Å². The van der Waals surface area contributed by atoms with Crippen LogP contribution in [0.4, 0.5) is 0 Å². The van der Waals surface area contributed by atoms with E-state index in [9.17, 15) is 4.79 Å². The Kier molecular flexibility index (Phi) is 6.68. The van der Waals surface area contributed by atoms with Crippen LogP contribution in [0.1, 0.15) is 22.3 Å². The van der Waals surface area contributed by atoms with Crippen molar-refractivity contribution in [3.8, 4) is 0 Å². The van der Waals surface area contributed by atoms with Crippen LogP contribution in [0.3, 0.4) is 0 Å². The topological polar surface area (TPSA) is 38.3 Å². The highest BCUT2D eigenvalue weighted by Gasteiger charge is 2.15. The van der Waals surface area contributed by atoms with E-state index in [1.807, 2.05) is 25.1 Å². The molecule has 0 saturated carbocycles. The summed E-state index contributed by atoms with van der Waals surface area (Å²) in [6, 6.07) is 5.58. The van der Waals surface area contributed by atoms with E-state index in [-0.39, 0.29) is 11.9 Å². The first kappa shape index (κ1) is 15.5. The fraction of sp³-hybridized carbons (Fsp3) is 0.462. The van der Waals surface area contributed by atoms with Gasteiger partial charge >= 0.3 is 0 Å². The molecule has 1 atom stereocenters. The average Bonchev–Trinajstić information content (AvgIpc) is 2.33. The van der Waals surface area contributed by atoms with Gasteiger partial charge in [0.1, 0.15) is 0 Å². The molecule has 5 heteroatoms. The Morgan fingerprint density at radius 3 is 2.89 bits per heavy atom. The van der Waals surface area contributed by atoms with Gasteiger partial charge < -0.3 is 10.1 Å². The van der Waals surface area contributed by atoms with Crippen LogP contribution >= 0.6 is 27.5 Å². The van der Waals surface area contributed by atoms with E-state index >= 15 is 0 Å². The molecule has 1 rings (SSSR count). The van der Waals surface area contributed by atoms with Crippen LogP contribution in [0.5, 0.6) is 0 Å². The second-order valence-corrected chi connectivity index (χ2v) is 5.36. The Hall–Kier alpha value is -0.580. The highest BCUT2D eigenvalue weighted by molar-refractivity contribution is 9.10. The van der Waals surface area contributed by atoms with Gasteiger partial charge in [-0.2, -0.15) is 0 Å². The number of halogens is 2. The molecule has 0 spiro atoms. The van der Waals surface area contributed by atoms with Crippen LogP contribution in [0.25, 0.3) is 0 Å². The maximum absolute atomic E-state index is 12.1. The Labute approximate surface area is 121 Å². The minimum absolute atomic E-state index is 0.0571. The first-order chi connectivity index (χ1) is 8.58. The molecule has 0 heterocycles. The van der Waals surface area contributed by atoms with Gasteiger partial charge in [0.25, 0.3) is 5.91 Å². The zero-order valence-corrected chi connectivity index (χ0v) is 12.8. The molecule has 3 nitrogen and oxygen atoms in total. The molecule has 0 aliphatic rings. The van der Waals surface area contributed by atoms with E-state index in [4.69, 9.17) is 16.3 Å². The number of nitrogens with one attached hydrogen (secondary N) is 1. The average molecular weight is 335 g/mol. The molecule has 1 aromatic rings.